The predicted molar refractivity (Wildman–Crippen MR) is 113 cm³/mol. The first kappa shape index (κ1) is 21.8. The lowest BCUT2D eigenvalue weighted by Gasteiger charge is -2.61. The number of ether oxygens (including phenoxy) is 2. The van der Waals surface area contributed by atoms with E-state index in [4.69, 9.17) is 14.3 Å². The van der Waals surface area contributed by atoms with Crippen molar-refractivity contribution < 1.29 is 14.3 Å². The van der Waals surface area contributed by atoms with E-state index in [0.717, 1.165) is 38.9 Å². The number of hydrogen-bond donors (Lipinski definition) is 0. The molecule has 0 amide bonds. The first-order valence-electron chi connectivity index (χ1n) is 10.9. The summed E-state index contributed by atoms with van der Waals surface area (Å²) in [7, 11) is 0. The predicted octanol–water partition coefficient (Wildman–Crippen LogP) is 5.88. The molecule has 1 atom stereocenters. The molecule has 2 aliphatic heterocycles. The second-order valence-electron chi connectivity index (χ2n) is 10.2. The zero-order valence-corrected chi connectivity index (χ0v) is 18.9. The number of hydrogen-bond acceptors (Lipinski definition) is 4. The van der Waals surface area contributed by atoms with Crippen LogP contribution >= 0.6 is 0 Å². The van der Waals surface area contributed by atoms with Crippen molar-refractivity contribution in [3.63, 3.8) is 0 Å². The molecule has 1 unspecified atom stereocenters. The van der Waals surface area contributed by atoms with E-state index in [1.54, 1.807) is 0 Å². The lowest BCUT2D eigenvalue weighted by molar-refractivity contribution is -0.393. The van der Waals surface area contributed by atoms with Crippen molar-refractivity contribution in [2.24, 2.45) is 5.41 Å². The summed E-state index contributed by atoms with van der Waals surface area (Å²) in [6.07, 6.45) is 3.63. The van der Waals surface area contributed by atoms with Crippen molar-refractivity contribution >= 4 is 0 Å². The molecule has 0 N–H and O–H groups in total. The number of benzene rings is 1. The Bertz CT molecular complexity index is 641. The van der Waals surface area contributed by atoms with E-state index in [1.165, 1.54) is 5.56 Å². The van der Waals surface area contributed by atoms with Crippen LogP contribution in [0.25, 0.3) is 0 Å². The molecule has 1 aromatic rings. The normalized spacial score (nSPS) is 26.8. The van der Waals surface area contributed by atoms with Crippen LogP contribution in [-0.2, 0) is 14.3 Å². The summed E-state index contributed by atoms with van der Waals surface area (Å²) in [5, 5.41) is 2.29. The van der Waals surface area contributed by atoms with Gasteiger partial charge in [-0.2, -0.15) is 5.06 Å². The van der Waals surface area contributed by atoms with E-state index in [0.29, 0.717) is 0 Å². The Labute approximate surface area is 171 Å². The van der Waals surface area contributed by atoms with Gasteiger partial charge in [-0.05, 0) is 39.2 Å². The van der Waals surface area contributed by atoms with Crippen molar-refractivity contribution in [1.82, 2.24) is 5.06 Å². The standard InChI is InChI=1S/C24H39NO3/c1-8-23(9-2)16-24(26-17-21(4,5)18-27-24)15-22(6,7)25(23)28-19(3)20-13-11-10-12-14-20/h10-14,19H,8-9,15-18H2,1-7H3. The minimum absolute atomic E-state index is 0.000809. The number of nitrogens with zero attached hydrogens (tertiary/aromatic N) is 1. The van der Waals surface area contributed by atoms with Gasteiger partial charge < -0.3 is 9.47 Å². The van der Waals surface area contributed by atoms with Gasteiger partial charge >= 0.3 is 0 Å². The van der Waals surface area contributed by atoms with Gasteiger partial charge in [-0.25, -0.2) is 0 Å². The third-order valence-electron chi connectivity index (χ3n) is 6.58. The molecule has 0 aliphatic carbocycles. The average molecular weight is 390 g/mol. The molecule has 1 aromatic carbocycles. The van der Waals surface area contributed by atoms with Gasteiger partial charge in [0.25, 0.3) is 0 Å². The minimum Gasteiger partial charge on any atom is -0.349 e. The highest BCUT2D eigenvalue weighted by atomic mass is 16.7. The third-order valence-corrected chi connectivity index (χ3v) is 6.58. The summed E-state index contributed by atoms with van der Waals surface area (Å²) < 4.78 is 12.9. The van der Waals surface area contributed by atoms with Gasteiger partial charge in [0.05, 0.1) is 18.8 Å². The van der Waals surface area contributed by atoms with Crippen LogP contribution in [-0.4, -0.2) is 35.1 Å². The van der Waals surface area contributed by atoms with E-state index >= 15 is 0 Å². The topological polar surface area (TPSA) is 30.9 Å². The summed E-state index contributed by atoms with van der Waals surface area (Å²) in [5.74, 6) is -0.513. The van der Waals surface area contributed by atoms with E-state index < -0.39 is 5.79 Å². The molecule has 1 spiro atoms. The van der Waals surface area contributed by atoms with E-state index in [2.05, 4.69) is 77.8 Å². The zero-order chi connectivity index (χ0) is 20.6. The number of hydroxylamine groups is 2. The average Bonchev–Trinajstić information content (AvgIpc) is 2.67. The molecule has 4 nitrogen and oxygen atoms in total. The lowest BCUT2D eigenvalue weighted by Crippen LogP contribution is -2.69. The van der Waals surface area contributed by atoms with Crippen LogP contribution in [0.4, 0.5) is 0 Å². The highest BCUT2D eigenvalue weighted by Gasteiger charge is 2.59. The Morgan fingerprint density at radius 3 is 2.07 bits per heavy atom. The molecule has 2 saturated heterocycles. The Balaban J connectivity index is 1.88. The molecule has 0 saturated carbocycles. The Morgan fingerprint density at radius 2 is 1.54 bits per heavy atom. The third kappa shape index (κ3) is 4.16. The van der Waals surface area contributed by atoms with Gasteiger partial charge in [-0.3, -0.25) is 4.84 Å². The van der Waals surface area contributed by atoms with Crippen LogP contribution < -0.4 is 0 Å². The van der Waals surface area contributed by atoms with Crippen LogP contribution in [0.1, 0.15) is 85.8 Å². The first-order valence-corrected chi connectivity index (χ1v) is 10.9. The van der Waals surface area contributed by atoms with Crippen molar-refractivity contribution in [2.75, 3.05) is 13.2 Å². The number of rotatable bonds is 5. The maximum Gasteiger partial charge on any atom is 0.172 e. The van der Waals surface area contributed by atoms with Crippen LogP contribution in [0.15, 0.2) is 30.3 Å². The molecular weight excluding hydrogens is 350 g/mol. The Kier molecular flexibility index (Phi) is 6.00. The molecule has 2 fully saturated rings. The fourth-order valence-electron chi connectivity index (χ4n) is 4.93. The lowest BCUT2D eigenvalue weighted by atomic mass is 9.72. The van der Waals surface area contributed by atoms with Crippen molar-refractivity contribution in [3.05, 3.63) is 35.9 Å². The summed E-state index contributed by atoms with van der Waals surface area (Å²) in [6.45, 7) is 17.1. The SMILES string of the molecule is CCC1(CC)CC2(CC(C)(C)N1OC(C)c1ccccc1)OCC(C)(C)CO2. The Morgan fingerprint density at radius 1 is 0.964 bits per heavy atom. The monoisotopic (exact) mass is 389 g/mol. The van der Waals surface area contributed by atoms with Crippen molar-refractivity contribution in [3.8, 4) is 0 Å². The summed E-state index contributed by atoms with van der Waals surface area (Å²) in [6, 6.07) is 10.5. The molecule has 0 aromatic heterocycles. The molecule has 0 radical (unpaired) electrons. The first-order chi connectivity index (χ1) is 13.1. The van der Waals surface area contributed by atoms with Crippen LogP contribution in [0.2, 0.25) is 0 Å². The molecule has 0 bridgehead atoms. The highest BCUT2D eigenvalue weighted by Crippen LogP contribution is 2.51. The summed E-state index contributed by atoms with van der Waals surface area (Å²) in [4.78, 5) is 6.69. The second kappa shape index (κ2) is 7.71. The quantitative estimate of drug-likeness (QED) is 0.629. The van der Waals surface area contributed by atoms with Gasteiger partial charge in [0.15, 0.2) is 5.79 Å². The van der Waals surface area contributed by atoms with Gasteiger partial charge in [-0.15, -0.1) is 0 Å². The van der Waals surface area contributed by atoms with Gasteiger partial charge in [0, 0.05) is 23.8 Å². The minimum atomic E-state index is -0.513. The summed E-state index contributed by atoms with van der Waals surface area (Å²) >= 11 is 0. The highest BCUT2D eigenvalue weighted by molar-refractivity contribution is 5.17. The van der Waals surface area contributed by atoms with Crippen LogP contribution in [0, 0.1) is 5.41 Å². The van der Waals surface area contributed by atoms with Gasteiger partial charge in [0.2, 0.25) is 0 Å². The second-order valence-corrected chi connectivity index (χ2v) is 10.2. The molecule has 3 rings (SSSR count). The molecule has 2 aliphatic rings. The van der Waals surface area contributed by atoms with E-state index in [9.17, 15) is 0 Å². The van der Waals surface area contributed by atoms with Gasteiger partial charge in [-0.1, -0.05) is 58.0 Å². The largest absolute Gasteiger partial charge is 0.349 e. The van der Waals surface area contributed by atoms with Gasteiger partial charge in [0.1, 0.15) is 6.10 Å². The van der Waals surface area contributed by atoms with Crippen molar-refractivity contribution in [2.45, 2.75) is 97.1 Å². The zero-order valence-electron chi connectivity index (χ0n) is 18.9. The smallest absolute Gasteiger partial charge is 0.172 e. The number of piperidine rings is 1. The van der Waals surface area contributed by atoms with Crippen molar-refractivity contribution in [1.29, 1.82) is 0 Å². The molecular formula is C24H39NO3. The maximum atomic E-state index is 6.69. The fraction of sp³-hybridized carbons (Fsp3) is 0.750. The molecule has 28 heavy (non-hydrogen) atoms. The maximum absolute atomic E-state index is 6.69. The molecule has 158 valence electrons. The van der Waals surface area contributed by atoms with Crippen LogP contribution in [0.3, 0.4) is 0 Å². The van der Waals surface area contributed by atoms with Crippen LogP contribution in [0.5, 0.6) is 0 Å². The fourth-order valence-corrected chi connectivity index (χ4v) is 4.93. The molecule has 2 heterocycles. The molecule has 4 heteroatoms. The summed E-state index contributed by atoms with van der Waals surface area (Å²) in [5.41, 5.74) is 0.958. The van der Waals surface area contributed by atoms with E-state index in [1.807, 2.05) is 6.07 Å². The van der Waals surface area contributed by atoms with E-state index in [-0.39, 0.29) is 22.6 Å². The Hall–Kier alpha value is -0.940.